The number of hydrogen-bond acceptors (Lipinski definition) is 5. The normalized spacial score (nSPS) is 31.4. The first kappa shape index (κ1) is 15.5. The summed E-state index contributed by atoms with van der Waals surface area (Å²) in [5.41, 5.74) is 5.54. The van der Waals surface area contributed by atoms with E-state index in [2.05, 4.69) is 0 Å². The summed E-state index contributed by atoms with van der Waals surface area (Å²) in [6.45, 7) is 8.03. The summed E-state index contributed by atoms with van der Waals surface area (Å²) in [7, 11) is 0. The van der Waals surface area contributed by atoms with Crippen LogP contribution < -0.4 is 5.73 Å². The highest BCUT2D eigenvalue weighted by Gasteiger charge is 2.33. The van der Waals surface area contributed by atoms with E-state index in [0.717, 1.165) is 19.4 Å². The predicted octanol–water partition coefficient (Wildman–Crippen LogP) is 1.13. The number of nitrogens with two attached hydrogens (primary N) is 1. The minimum absolute atomic E-state index is 0.0297. The maximum atomic E-state index is 12.1. The molecule has 0 unspecified atom stereocenters. The fourth-order valence-electron chi connectivity index (χ4n) is 2.56. The summed E-state index contributed by atoms with van der Waals surface area (Å²) in [4.78, 5) is 13.8. The van der Waals surface area contributed by atoms with E-state index < -0.39 is 5.60 Å². The molecule has 3 atom stereocenters. The maximum Gasteiger partial charge on any atom is 0.410 e. The monoisotopic (exact) mass is 286 g/mol. The van der Waals surface area contributed by atoms with Gasteiger partial charge in [0.1, 0.15) is 5.60 Å². The molecular weight excluding hydrogens is 260 g/mol. The van der Waals surface area contributed by atoms with Crippen LogP contribution >= 0.6 is 0 Å². The minimum atomic E-state index is -0.492. The summed E-state index contributed by atoms with van der Waals surface area (Å²) in [5, 5.41) is 0. The summed E-state index contributed by atoms with van der Waals surface area (Å²) in [6, 6.07) is -0.0661. The van der Waals surface area contributed by atoms with Crippen LogP contribution in [0.2, 0.25) is 0 Å². The van der Waals surface area contributed by atoms with E-state index in [9.17, 15) is 4.79 Å². The Bertz CT molecular complexity index is 337. The van der Waals surface area contributed by atoms with E-state index in [-0.39, 0.29) is 24.3 Å². The van der Waals surface area contributed by atoms with E-state index >= 15 is 0 Å². The van der Waals surface area contributed by atoms with Crippen LogP contribution in [0.3, 0.4) is 0 Å². The molecule has 2 saturated heterocycles. The quantitative estimate of drug-likeness (QED) is 0.823. The number of piperidine rings is 1. The first-order chi connectivity index (χ1) is 9.33. The van der Waals surface area contributed by atoms with Gasteiger partial charge in [-0.25, -0.2) is 4.79 Å². The predicted molar refractivity (Wildman–Crippen MR) is 74.5 cm³/mol. The van der Waals surface area contributed by atoms with Crippen LogP contribution in [0.1, 0.15) is 33.6 Å². The van der Waals surface area contributed by atoms with Crippen molar-refractivity contribution in [2.24, 2.45) is 5.73 Å². The van der Waals surface area contributed by atoms with Gasteiger partial charge >= 0.3 is 6.09 Å². The summed E-state index contributed by atoms with van der Waals surface area (Å²) in [5.74, 6) is 0. The van der Waals surface area contributed by atoms with Crippen molar-refractivity contribution in [1.29, 1.82) is 0 Å². The molecule has 2 N–H and O–H groups in total. The number of hydrogen-bond donors (Lipinski definition) is 1. The number of rotatable bonds is 2. The van der Waals surface area contributed by atoms with Crippen LogP contribution in [0, 0.1) is 0 Å². The third-order valence-corrected chi connectivity index (χ3v) is 3.37. The third kappa shape index (κ3) is 4.61. The Morgan fingerprint density at radius 3 is 2.65 bits per heavy atom. The molecule has 6 nitrogen and oxygen atoms in total. The van der Waals surface area contributed by atoms with Crippen LogP contribution in [-0.4, -0.2) is 61.1 Å². The van der Waals surface area contributed by atoms with Crippen molar-refractivity contribution in [2.45, 2.75) is 57.5 Å². The molecule has 2 rings (SSSR count). The van der Waals surface area contributed by atoms with Gasteiger partial charge in [-0.1, -0.05) is 0 Å². The summed E-state index contributed by atoms with van der Waals surface area (Å²) in [6.07, 6.45) is 1.47. The molecule has 0 radical (unpaired) electrons. The first-order valence-electron chi connectivity index (χ1n) is 7.30. The standard InChI is InChI=1S/C14H26N2O4/c1-14(2,3)20-13(17)16-7-10(15)6-12(8-16)19-11-4-5-18-9-11/h10-12H,4-9,15H2,1-3H3/t10-,11-,12-/m1/s1. The molecule has 0 saturated carbocycles. The van der Waals surface area contributed by atoms with Gasteiger partial charge in [-0.05, 0) is 33.6 Å². The van der Waals surface area contributed by atoms with Gasteiger partial charge in [-0.15, -0.1) is 0 Å². The molecule has 0 aromatic rings. The second kappa shape index (κ2) is 6.28. The van der Waals surface area contributed by atoms with Gasteiger partial charge in [-0.3, -0.25) is 0 Å². The number of nitrogens with zero attached hydrogens (tertiary/aromatic N) is 1. The van der Waals surface area contributed by atoms with Gasteiger partial charge < -0.3 is 24.8 Å². The van der Waals surface area contributed by atoms with Crippen molar-refractivity contribution < 1.29 is 19.0 Å². The van der Waals surface area contributed by atoms with E-state index in [1.54, 1.807) is 4.90 Å². The molecule has 1 amide bonds. The Morgan fingerprint density at radius 1 is 1.30 bits per heavy atom. The Morgan fingerprint density at radius 2 is 2.05 bits per heavy atom. The van der Waals surface area contributed by atoms with Gasteiger partial charge in [0.25, 0.3) is 0 Å². The van der Waals surface area contributed by atoms with Gasteiger partial charge in [-0.2, -0.15) is 0 Å². The summed E-state index contributed by atoms with van der Waals surface area (Å²) >= 11 is 0. The Balaban J connectivity index is 1.88. The van der Waals surface area contributed by atoms with Crippen molar-refractivity contribution in [2.75, 3.05) is 26.3 Å². The molecule has 0 aliphatic carbocycles. The lowest BCUT2D eigenvalue weighted by Gasteiger charge is -2.37. The molecule has 0 spiro atoms. The lowest BCUT2D eigenvalue weighted by atomic mass is 10.0. The van der Waals surface area contributed by atoms with Crippen molar-refractivity contribution >= 4 is 6.09 Å². The fraction of sp³-hybridized carbons (Fsp3) is 0.929. The molecule has 2 aliphatic heterocycles. The molecule has 6 heteroatoms. The lowest BCUT2D eigenvalue weighted by molar-refractivity contribution is -0.0578. The van der Waals surface area contributed by atoms with Gasteiger partial charge in [0, 0.05) is 19.2 Å². The van der Waals surface area contributed by atoms with Crippen LogP contribution in [0.25, 0.3) is 0 Å². The second-order valence-electron chi connectivity index (χ2n) is 6.62. The molecule has 0 bridgehead atoms. The van der Waals surface area contributed by atoms with Gasteiger partial charge in [0.2, 0.25) is 0 Å². The van der Waals surface area contributed by atoms with Gasteiger partial charge in [0.15, 0.2) is 0 Å². The average molecular weight is 286 g/mol. The topological polar surface area (TPSA) is 74.0 Å². The first-order valence-corrected chi connectivity index (χ1v) is 7.30. The highest BCUT2D eigenvalue weighted by atomic mass is 16.6. The maximum absolute atomic E-state index is 12.1. The number of ether oxygens (including phenoxy) is 3. The van der Waals surface area contributed by atoms with Crippen LogP contribution in [0.5, 0.6) is 0 Å². The third-order valence-electron chi connectivity index (χ3n) is 3.37. The van der Waals surface area contributed by atoms with Crippen LogP contribution in [0.15, 0.2) is 0 Å². The largest absolute Gasteiger partial charge is 0.444 e. The second-order valence-corrected chi connectivity index (χ2v) is 6.62. The van der Waals surface area contributed by atoms with Crippen LogP contribution in [0.4, 0.5) is 4.79 Å². The number of carbonyl (C=O) groups excluding carboxylic acids is 1. The number of carbonyl (C=O) groups is 1. The molecule has 0 aromatic carbocycles. The molecule has 0 aromatic heterocycles. The van der Waals surface area contributed by atoms with Crippen molar-refractivity contribution in [3.63, 3.8) is 0 Å². The smallest absolute Gasteiger partial charge is 0.410 e. The minimum Gasteiger partial charge on any atom is -0.444 e. The average Bonchev–Trinajstić information content (AvgIpc) is 2.78. The fourth-order valence-corrected chi connectivity index (χ4v) is 2.56. The van der Waals surface area contributed by atoms with Gasteiger partial charge in [0.05, 0.1) is 25.4 Å². The zero-order valence-corrected chi connectivity index (χ0v) is 12.6. The van der Waals surface area contributed by atoms with E-state index in [4.69, 9.17) is 19.9 Å². The van der Waals surface area contributed by atoms with Crippen molar-refractivity contribution in [3.05, 3.63) is 0 Å². The molecule has 2 fully saturated rings. The highest BCUT2D eigenvalue weighted by molar-refractivity contribution is 5.68. The van der Waals surface area contributed by atoms with Crippen molar-refractivity contribution in [1.82, 2.24) is 4.90 Å². The molecule has 2 heterocycles. The SMILES string of the molecule is CC(C)(C)OC(=O)N1C[C@H](N)C[C@@H](O[C@@H]2CCOC2)C1. The Kier molecular flexibility index (Phi) is 4.88. The molecule has 20 heavy (non-hydrogen) atoms. The Labute approximate surface area is 120 Å². The Hall–Kier alpha value is -0.850. The highest BCUT2D eigenvalue weighted by Crippen LogP contribution is 2.20. The summed E-state index contributed by atoms with van der Waals surface area (Å²) < 4.78 is 16.7. The zero-order valence-electron chi connectivity index (χ0n) is 12.6. The zero-order chi connectivity index (χ0) is 14.8. The number of amides is 1. The van der Waals surface area contributed by atoms with E-state index in [0.29, 0.717) is 19.7 Å². The van der Waals surface area contributed by atoms with E-state index in [1.807, 2.05) is 20.8 Å². The van der Waals surface area contributed by atoms with Crippen molar-refractivity contribution in [3.8, 4) is 0 Å². The number of likely N-dealkylation sites (tertiary alicyclic amines) is 1. The molecule has 116 valence electrons. The lowest BCUT2D eigenvalue weighted by Crippen LogP contribution is -2.53. The van der Waals surface area contributed by atoms with E-state index in [1.165, 1.54) is 0 Å². The molecular formula is C14H26N2O4. The molecule has 2 aliphatic rings. The van der Waals surface area contributed by atoms with Crippen LogP contribution in [-0.2, 0) is 14.2 Å².